The van der Waals surface area contributed by atoms with Gasteiger partial charge >= 0.3 is 0 Å². The van der Waals surface area contributed by atoms with Gasteiger partial charge in [0.05, 0.1) is 5.70 Å². The maximum atomic E-state index is 14.2. The number of nitrogens with one attached hydrogen (secondary N) is 2. The zero-order valence-electron chi connectivity index (χ0n) is 14.9. The van der Waals surface area contributed by atoms with E-state index in [9.17, 15) is 4.39 Å². The van der Waals surface area contributed by atoms with Gasteiger partial charge in [-0.05, 0) is 43.5 Å². The lowest BCUT2D eigenvalue weighted by Gasteiger charge is -2.10. The second-order valence-electron chi connectivity index (χ2n) is 5.85. The summed E-state index contributed by atoms with van der Waals surface area (Å²) in [4.78, 5) is 8.58. The van der Waals surface area contributed by atoms with Crippen molar-refractivity contribution in [3.05, 3.63) is 78.2 Å². The molecular weight excluding hydrogens is 315 g/mol. The molecule has 2 N–H and O–H groups in total. The highest BCUT2D eigenvalue weighted by atomic mass is 19.1. The molecule has 130 valence electrons. The van der Waals surface area contributed by atoms with Crippen molar-refractivity contribution in [3.63, 3.8) is 0 Å². The Kier molecular flexibility index (Phi) is 6.06. The minimum atomic E-state index is -0.246. The van der Waals surface area contributed by atoms with E-state index >= 15 is 0 Å². The van der Waals surface area contributed by atoms with Crippen LogP contribution in [0.2, 0.25) is 0 Å². The first-order valence-electron chi connectivity index (χ1n) is 7.98. The Morgan fingerprint density at radius 3 is 2.40 bits per heavy atom. The van der Waals surface area contributed by atoms with E-state index in [-0.39, 0.29) is 5.82 Å². The predicted octanol–water partition coefficient (Wildman–Crippen LogP) is 4.45. The van der Waals surface area contributed by atoms with Crippen LogP contribution in [-0.2, 0) is 6.42 Å². The molecule has 2 rings (SSSR count). The van der Waals surface area contributed by atoms with Crippen molar-refractivity contribution in [1.82, 2.24) is 15.3 Å². The summed E-state index contributed by atoms with van der Waals surface area (Å²) in [6.45, 7) is 11.4. The summed E-state index contributed by atoms with van der Waals surface area (Å²) >= 11 is 0. The van der Waals surface area contributed by atoms with Crippen LogP contribution >= 0.6 is 0 Å². The summed E-state index contributed by atoms with van der Waals surface area (Å²) in [7, 11) is 1.83. The third-order valence-corrected chi connectivity index (χ3v) is 3.76. The van der Waals surface area contributed by atoms with E-state index in [1.807, 2.05) is 27.0 Å². The fraction of sp³-hybridized carbons (Fsp3) is 0.200. The minimum Gasteiger partial charge on any atom is -0.390 e. The van der Waals surface area contributed by atoms with E-state index in [4.69, 9.17) is 0 Å². The molecule has 0 spiro atoms. The smallest absolute Gasteiger partial charge is 0.227 e. The summed E-state index contributed by atoms with van der Waals surface area (Å²) in [5.74, 6) is 0.205. The van der Waals surface area contributed by atoms with Crippen LogP contribution in [-0.4, -0.2) is 17.0 Å². The second kappa shape index (κ2) is 8.24. The number of rotatable bonds is 7. The first kappa shape index (κ1) is 18.4. The van der Waals surface area contributed by atoms with Crippen molar-refractivity contribution in [2.75, 3.05) is 12.4 Å². The van der Waals surface area contributed by atoms with Gasteiger partial charge in [0.1, 0.15) is 5.82 Å². The first-order chi connectivity index (χ1) is 11.9. The lowest BCUT2D eigenvalue weighted by atomic mass is 10.0. The highest BCUT2D eigenvalue weighted by Gasteiger charge is 2.07. The van der Waals surface area contributed by atoms with Crippen molar-refractivity contribution in [1.29, 1.82) is 0 Å². The highest BCUT2D eigenvalue weighted by molar-refractivity contribution is 5.63. The third-order valence-electron chi connectivity index (χ3n) is 3.76. The molecule has 0 saturated heterocycles. The van der Waals surface area contributed by atoms with E-state index < -0.39 is 0 Å². The fourth-order valence-electron chi connectivity index (χ4n) is 2.29. The van der Waals surface area contributed by atoms with Gasteiger partial charge in [0.25, 0.3) is 0 Å². The van der Waals surface area contributed by atoms with Crippen LogP contribution < -0.4 is 10.6 Å². The molecular formula is C20H23FN4. The summed E-state index contributed by atoms with van der Waals surface area (Å²) in [6.07, 6.45) is 5.56. The quantitative estimate of drug-likeness (QED) is 0.578. The number of aromatic nitrogens is 2. The van der Waals surface area contributed by atoms with Crippen molar-refractivity contribution in [3.8, 4) is 11.1 Å². The van der Waals surface area contributed by atoms with Crippen LogP contribution in [0.4, 0.5) is 10.3 Å². The number of anilines is 1. The van der Waals surface area contributed by atoms with E-state index in [0.717, 1.165) is 28.1 Å². The number of halogens is 1. The molecule has 1 aromatic heterocycles. The van der Waals surface area contributed by atoms with Crippen LogP contribution in [0.15, 0.2) is 66.8 Å². The van der Waals surface area contributed by atoms with Crippen molar-refractivity contribution in [2.24, 2.45) is 0 Å². The van der Waals surface area contributed by atoms with E-state index in [1.165, 1.54) is 6.07 Å². The van der Waals surface area contributed by atoms with E-state index in [0.29, 0.717) is 17.9 Å². The fourth-order valence-corrected chi connectivity index (χ4v) is 2.29. The molecule has 0 unspecified atom stereocenters. The summed E-state index contributed by atoms with van der Waals surface area (Å²) < 4.78 is 14.2. The van der Waals surface area contributed by atoms with Gasteiger partial charge in [-0.3, -0.25) is 0 Å². The minimum absolute atomic E-state index is 0.246. The predicted molar refractivity (Wildman–Crippen MR) is 102 cm³/mol. The van der Waals surface area contributed by atoms with E-state index in [1.54, 1.807) is 24.5 Å². The molecule has 5 heteroatoms. The average molecular weight is 338 g/mol. The standard InChI is InChI=1S/C20H23FN4/c1-6-19(14(4)22-5)25-20-23-11-17(12-24-20)15-7-8-16(9-13(2)3)18(21)10-15/h6-8,10-12,22H,1-2,9H2,3-5H3,(H,23,24,25)/b19-14+. The zero-order valence-corrected chi connectivity index (χ0v) is 14.9. The van der Waals surface area contributed by atoms with Crippen LogP contribution in [0.25, 0.3) is 11.1 Å². The number of hydrogen-bond donors (Lipinski definition) is 2. The molecule has 0 aliphatic heterocycles. The number of benzene rings is 1. The first-order valence-corrected chi connectivity index (χ1v) is 7.98. The number of allylic oxidation sites excluding steroid dienone is 3. The molecule has 1 aromatic carbocycles. The third kappa shape index (κ3) is 4.76. The van der Waals surface area contributed by atoms with Crippen molar-refractivity contribution >= 4 is 5.95 Å². The number of nitrogens with zero attached hydrogens (tertiary/aromatic N) is 2. The molecule has 4 nitrogen and oxygen atoms in total. The van der Waals surface area contributed by atoms with Crippen LogP contribution in [0.1, 0.15) is 19.4 Å². The normalized spacial score (nSPS) is 11.5. The van der Waals surface area contributed by atoms with Gasteiger partial charge in [-0.25, -0.2) is 14.4 Å². The summed E-state index contributed by atoms with van der Waals surface area (Å²) in [5.41, 5.74) is 4.77. The van der Waals surface area contributed by atoms with Crippen LogP contribution in [0.5, 0.6) is 0 Å². The SMILES string of the molecule is C=C/C(Nc1ncc(-c2ccc(CC(=C)C)c(F)c2)cn1)=C(/C)NC. The second-order valence-corrected chi connectivity index (χ2v) is 5.85. The van der Waals surface area contributed by atoms with E-state index in [2.05, 4.69) is 33.8 Å². The largest absolute Gasteiger partial charge is 0.390 e. The molecule has 0 saturated carbocycles. The Morgan fingerprint density at radius 1 is 1.20 bits per heavy atom. The lowest BCUT2D eigenvalue weighted by molar-refractivity contribution is 0.614. The average Bonchev–Trinajstić information content (AvgIpc) is 2.61. The molecule has 0 radical (unpaired) electrons. The van der Waals surface area contributed by atoms with Gasteiger partial charge in [-0.15, -0.1) is 0 Å². The molecule has 0 fully saturated rings. The van der Waals surface area contributed by atoms with Gasteiger partial charge in [-0.1, -0.05) is 30.9 Å². The van der Waals surface area contributed by atoms with Crippen LogP contribution in [0, 0.1) is 5.82 Å². The Bertz CT molecular complexity index is 807. The molecule has 0 aliphatic rings. The molecule has 1 heterocycles. The topological polar surface area (TPSA) is 49.8 Å². The molecule has 0 atom stereocenters. The lowest BCUT2D eigenvalue weighted by Crippen LogP contribution is -2.11. The van der Waals surface area contributed by atoms with Crippen molar-refractivity contribution < 1.29 is 4.39 Å². The van der Waals surface area contributed by atoms with Gasteiger partial charge in [0.15, 0.2) is 0 Å². The Morgan fingerprint density at radius 2 is 1.88 bits per heavy atom. The molecule has 0 amide bonds. The maximum Gasteiger partial charge on any atom is 0.227 e. The molecule has 25 heavy (non-hydrogen) atoms. The van der Waals surface area contributed by atoms with Gasteiger partial charge < -0.3 is 10.6 Å². The summed E-state index contributed by atoms with van der Waals surface area (Å²) in [5, 5.41) is 6.13. The van der Waals surface area contributed by atoms with Gasteiger partial charge in [0.2, 0.25) is 5.95 Å². The molecule has 2 aromatic rings. The Hall–Kier alpha value is -2.95. The Labute approximate surface area is 148 Å². The monoisotopic (exact) mass is 338 g/mol. The summed E-state index contributed by atoms with van der Waals surface area (Å²) in [6, 6.07) is 5.15. The highest BCUT2D eigenvalue weighted by Crippen LogP contribution is 2.22. The molecule has 0 aliphatic carbocycles. The maximum absolute atomic E-state index is 14.2. The van der Waals surface area contributed by atoms with Crippen LogP contribution in [0.3, 0.4) is 0 Å². The zero-order chi connectivity index (χ0) is 18.4. The van der Waals surface area contributed by atoms with Gasteiger partial charge in [-0.2, -0.15) is 0 Å². The van der Waals surface area contributed by atoms with Crippen molar-refractivity contribution in [2.45, 2.75) is 20.3 Å². The Balaban J connectivity index is 2.21. The number of hydrogen-bond acceptors (Lipinski definition) is 4. The van der Waals surface area contributed by atoms with Gasteiger partial charge in [0, 0.05) is 30.7 Å². The molecule has 0 bridgehead atoms.